The van der Waals surface area contributed by atoms with Crippen LogP contribution in [-0.4, -0.2) is 10.2 Å². The number of H-pyrrole nitrogens is 1. The number of para-hydroxylation sites is 1. The van der Waals surface area contributed by atoms with E-state index in [1.54, 1.807) is 0 Å². The molecule has 0 fully saturated rings. The average Bonchev–Trinajstić information content (AvgIpc) is 2.99. The van der Waals surface area contributed by atoms with Crippen molar-refractivity contribution in [1.82, 2.24) is 10.2 Å². The molecule has 0 bridgehead atoms. The van der Waals surface area contributed by atoms with E-state index in [0.717, 1.165) is 28.0 Å². The molecule has 0 spiro atoms. The van der Waals surface area contributed by atoms with E-state index in [-0.39, 0.29) is 0 Å². The second-order valence-electron chi connectivity index (χ2n) is 4.38. The molecule has 98 valence electrons. The lowest BCUT2D eigenvalue weighted by Crippen LogP contribution is -2.02. The number of aromatic nitrogens is 2. The molecule has 0 saturated carbocycles. The molecular weight excluding hydrogens is 242 g/mol. The number of aromatic amines is 1. The Bertz CT molecular complexity index is 700. The second kappa shape index (κ2) is 4.78. The maximum Gasteiger partial charge on any atom is 0.233 e. The minimum absolute atomic E-state index is 0.325. The van der Waals surface area contributed by atoms with Gasteiger partial charge in [0, 0.05) is 29.3 Å². The number of furan rings is 1. The summed E-state index contributed by atoms with van der Waals surface area (Å²) < 4.78 is 11.4. The van der Waals surface area contributed by atoms with E-state index in [2.05, 4.69) is 10.2 Å². The van der Waals surface area contributed by atoms with Crippen LogP contribution in [0.15, 0.2) is 34.7 Å². The highest BCUT2D eigenvalue weighted by molar-refractivity contribution is 5.82. The minimum Gasteiger partial charge on any atom is -0.468 e. The zero-order valence-corrected chi connectivity index (χ0v) is 10.6. The monoisotopic (exact) mass is 257 g/mol. The Morgan fingerprint density at radius 2 is 2.21 bits per heavy atom. The molecule has 0 aliphatic heterocycles. The molecule has 3 N–H and O–H groups in total. The summed E-state index contributed by atoms with van der Waals surface area (Å²) in [5.74, 6) is 1.31. The van der Waals surface area contributed by atoms with Crippen LogP contribution < -0.4 is 10.5 Å². The van der Waals surface area contributed by atoms with Gasteiger partial charge in [-0.3, -0.25) is 5.10 Å². The maximum absolute atomic E-state index is 5.80. The summed E-state index contributed by atoms with van der Waals surface area (Å²) in [7, 11) is 0. The summed E-state index contributed by atoms with van der Waals surface area (Å²) >= 11 is 0. The van der Waals surface area contributed by atoms with Crippen LogP contribution in [0.25, 0.3) is 11.0 Å². The molecular formula is C14H15N3O2. The van der Waals surface area contributed by atoms with Gasteiger partial charge in [0.1, 0.15) is 18.0 Å². The van der Waals surface area contributed by atoms with Gasteiger partial charge in [-0.15, -0.1) is 5.10 Å². The van der Waals surface area contributed by atoms with Gasteiger partial charge in [0.05, 0.1) is 0 Å². The first-order valence-electron chi connectivity index (χ1n) is 6.12. The number of hydrogen-bond acceptors (Lipinski definition) is 4. The molecule has 0 aliphatic rings. The van der Waals surface area contributed by atoms with Crippen molar-refractivity contribution in [3.63, 3.8) is 0 Å². The molecule has 5 nitrogen and oxygen atoms in total. The Hall–Kier alpha value is -2.27. The fourth-order valence-electron chi connectivity index (χ4n) is 2.10. The third kappa shape index (κ3) is 2.20. The van der Waals surface area contributed by atoms with Gasteiger partial charge in [0.2, 0.25) is 5.88 Å². The highest BCUT2D eigenvalue weighted by Crippen LogP contribution is 2.26. The SMILES string of the molecule is Cc1cc(OCc2oc3ccccc3c2CN)n[nH]1. The summed E-state index contributed by atoms with van der Waals surface area (Å²) in [6.45, 7) is 2.67. The van der Waals surface area contributed by atoms with Crippen LogP contribution >= 0.6 is 0 Å². The van der Waals surface area contributed by atoms with E-state index >= 15 is 0 Å². The molecule has 0 aliphatic carbocycles. The van der Waals surface area contributed by atoms with Crippen molar-refractivity contribution < 1.29 is 9.15 Å². The van der Waals surface area contributed by atoms with Crippen molar-refractivity contribution in [3.8, 4) is 5.88 Å². The zero-order chi connectivity index (χ0) is 13.2. The van der Waals surface area contributed by atoms with Crippen molar-refractivity contribution in [3.05, 3.63) is 47.3 Å². The van der Waals surface area contributed by atoms with E-state index in [4.69, 9.17) is 14.9 Å². The lowest BCUT2D eigenvalue weighted by Gasteiger charge is -2.01. The predicted octanol–water partition coefficient (Wildman–Crippen LogP) is 2.50. The smallest absolute Gasteiger partial charge is 0.233 e. The normalized spacial score (nSPS) is 11.1. The van der Waals surface area contributed by atoms with Crippen molar-refractivity contribution in [2.45, 2.75) is 20.1 Å². The number of nitrogens with two attached hydrogens (primary N) is 1. The number of ether oxygens (including phenoxy) is 1. The molecule has 3 rings (SSSR count). The first-order valence-corrected chi connectivity index (χ1v) is 6.12. The van der Waals surface area contributed by atoms with Crippen LogP contribution in [0.1, 0.15) is 17.0 Å². The summed E-state index contributed by atoms with van der Waals surface area (Å²) in [6, 6.07) is 9.68. The number of nitrogens with zero attached hydrogens (tertiary/aromatic N) is 1. The number of hydrogen-bond donors (Lipinski definition) is 2. The third-order valence-corrected chi connectivity index (χ3v) is 3.02. The van der Waals surface area contributed by atoms with Crippen LogP contribution in [0.3, 0.4) is 0 Å². The molecule has 0 atom stereocenters. The molecule has 1 aromatic carbocycles. The third-order valence-electron chi connectivity index (χ3n) is 3.02. The highest BCUT2D eigenvalue weighted by Gasteiger charge is 2.13. The van der Waals surface area contributed by atoms with E-state index in [1.165, 1.54) is 0 Å². The van der Waals surface area contributed by atoms with Crippen molar-refractivity contribution >= 4 is 11.0 Å². The van der Waals surface area contributed by atoms with E-state index < -0.39 is 0 Å². The van der Waals surface area contributed by atoms with Gasteiger partial charge in [-0.05, 0) is 13.0 Å². The number of rotatable bonds is 4. The van der Waals surface area contributed by atoms with Crippen LogP contribution in [0.4, 0.5) is 0 Å². The average molecular weight is 257 g/mol. The highest BCUT2D eigenvalue weighted by atomic mass is 16.5. The fraction of sp³-hybridized carbons (Fsp3) is 0.214. The van der Waals surface area contributed by atoms with Crippen molar-refractivity contribution in [2.75, 3.05) is 0 Å². The Balaban J connectivity index is 1.87. The number of fused-ring (bicyclic) bond motifs is 1. The Labute approximate surface area is 110 Å². The number of benzene rings is 1. The van der Waals surface area contributed by atoms with E-state index in [9.17, 15) is 0 Å². The molecule has 3 aromatic rings. The molecule has 0 radical (unpaired) electrons. The molecule has 0 amide bonds. The van der Waals surface area contributed by atoms with Gasteiger partial charge in [0.25, 0.3) is 0 Å². The molecule has 0 saturated heterocycles. The van der Waals surface area contributed by atoms with Gasteiger partial charge in [0.15, 0.2) is 0 Å². The number of nitrogens with one attached hydrogen (secondary N) is 1. The summed E-state index contributed by atoms with van der Waals surface area (Å²) in [4.78, 5) is 0. The molecule has 0 unspecified atom stereocenters. The summed E-state index contributed by atoms with van der Waals surface area (Å²) in [5.41, 5.74) is 8.58. The van der Waals surface area contributed by atoms with Crippen molar-refractivity contribution in [2.24, 2.45) is 5.73 Å². The van der Waals surface area contributed by atoms with Crippen LogP contribution in [0, 0.1) is 6.92 Å². The molecule has 19 heavy (non-hydrogen) atoms. The quantitative estimate of drug-likeness (QED) is 0.752. The molecule has 2 aromatic heterocycles. The van der Waals surface area contributed by atoms with Gasteiger partial charge in [-0.25, -0.2) is 0 Å². The summed E-state index contributed by atoms with van der Waals surface area (Å²) in [5, 5.41) is 7.89. The Kier molecular flexibility index (Phi) is 2.97. The van der Waals surface area contributed by atoms with Crippen LogP contribution in [-0.2, 0) is 13.2 Å². The predicted molar refractivity (Wildman–Crippen MR) is 71.8 cm³/mol. The van der Waals surface area contributed by atoms with Crippen molar-refractivity contribution in [1.29, 1.82) is 0 Å². The number of aryl methyl sites for hydroxylation is 1. The topological polar surface area (TPSA) is 77.1 Å². The van der Waals surface area contributed by atoms with Gasteiger partial charge in [-0.2, -0.15) is 0 Å². The first kappa shape index (κ1) is 11.8. The Morgan fingerprint density at radius 3 is 2.95 bits per heavy atom. The first-order chi connectivity index (χ1) is 9.28. The fourth-order valence-corrected chi connectivity index (χ4v) is 2.10. The Morgan fingerprint density at radius 1 is 1.37 bits per heavy atom. The standard InChI is InChI=1S/C14H15N3O2/c1-9-6-14(17-16-9)18-8-13-11(7-15)10-4-2-3-5-12(10)19-13/h2-6H,7-8,15H2,1H3,(H,16,17). The minimum atomic E-state index is 0.325. The van der Waals surface area contributed by atoms with Gasteiger partial charge >= 0.3 is 0 Å². The van der Waals surface area contributed by atoms with E-state index in [0.29, 0.717) is 19.0 Å². The van der Waals surface area contributed by atoms with E-state index in [1.807, 2.05) is 37.3 Å². The van der Waals surface area contributed by atoms with Crippen LogP contribution in [0.2, 0.25) is 0 Å². The van der Waals surface area contributed by atoms with Crippen LogP contribution in [0.5, 0.6) is 5.88 Å². The second-order valence-corrected chi connectivity index (χ2v) is 4.38. The maximum atomic E-state index is 5.80. The molecule has 5 heteroatoms. The van der Waals surface area contributed by atoms with Gasteiger partial charge in [-0.1, -0.05) is 18.2 Å². The van der Waals surface area contributed by atoms with Gasteiger partial charge < -0.3 is 14.9 Å². The summed E-state index contributed by atoms with van der Waals surface area (Å²) in [6.07, 6.45) is 0. The lowest BCUT2D eigenvalue weighted by molar-refractivity contribution is 0.262. The zero-order valence-electron chi connectivity index (χ0n) is 10.6. The lowest BCUT2D eigenvalue weighted by atomic mass is 10.1. The molecule has 2 heterocycles. The largest absolute Gasteiger partial charge is 0.468 e.